The lowest BCUT2D eigenvalue weighted by atomic mass is 9.96. The molecule has 4 rings (SSSR count). The highest BCUT2D eigenvalue weighted by Crippen LogP contribution is 2.32. The molecule has 0 radical (unpaired) electrons. The lowest BCUT2D eigenvalue weighted by Gasteiger charge is -2.33. The highest BCUT2D eigenvalue weighted by molar-refractivity contribution is 6.33. The molecule has 2 aromatic carbocycles. The molecule has 0 saturated heterocycles. The second kappa shape index (κ2) is 5.93. The summed E-state index contributed by atoms with van der Waals surface area (Å²) in [4.78, 5) is 29.4. The summed E-state index contributed by atoms with van der Waals surface area (Å²) in [6.07, 6.45) is 0.269. The van der Waals surface area contributed by atoms with Gasteiger partial charge in [-0.15, -0.1) is 0 Å². The zero-order chi connectivity index (χ0) is 17.6. The number of carboxylic acids is 1. The number of aromatic amines is 1. The third kappa shape index (κ3) is 2.57. The normalized spacial score (nSPS) is 16.7. The van der Waals surface area contributed by atoms with Gasteiger partial charge in [0, 0.05) is 23.0 Å². The van der Waals surface area contributed by atoms with Gasteiger partial charge in [0.25, 0.3) is 5.91 Å². The van der Waals surface area contributed by atoms with Crippen LogP contribution < -0.4 is 0 Å². The Morgan fingerprint density at radius 2 is 1.84 bits per heavy atom. The maximum atomic E-state index is 12.9. The van der Waals surface area contributed by atoms with Crippen LogP contribution in [0.1, 0.15) is 21.6 Å². The van der Waals surface area contributed by atoms with Gasteiger partial charge in [-0.25, -0.2) is 4.79 Å². The molecule has 1 atom stereocenters. The number of nitrogens with one attached hydrogen (secondary N) is 1. The Bertz CT molecular complexity index is 995. The van der Waals surface area contributed by atoms with Crippen molar-refractivity contribution in [3.63, 3.8) is 0 Å². The van der Waals surface area contributed by atoms with E-state index in [-0.39, 0.29) is 18.9 Å². The molecular weight excluding hydrogens is 340 g/mol. The molecule has 5 nitrogen and oxygen atoms in total. The second-order valence-corrected chi connectivity index (χ2v) is 6.51. The van der Waals surface area contributed by atoms with Crippen molar-refractivity contribution in [1.82, 2.24) is 9.88 Å². The largest absolute Gasteiger partial charge is 0.480 e. The van der Waals surface area contributed by atoms with Crippen molar-refractivity contribution in [1.29, 1.82) is 0 Å². The summed E-state index contributed by atoms with van der Waals surface area (Å²) in [6, 6.07) is 13.5. The van der Waals surface area contributed by atoms with Gasteiger partial charge in [0.2, 0.25) is 0 Å². The van der Waals surface area contributed by atoms with E-state index in [0.717, 1.165) is 22.2 Å². The maximum Gasteiger partial charge on any atom is 0.326 e. The molecule has 1 unspecified atom stereocenters. The Kier molecular flexibility index (Phi) is 3.73. The van der Waals surface area contributed by atoms with Crippen LogP contribution in [0.5, 0.6) is 0 Å². The molecule has 1 aromatic heterocycles. The van der Waals surface area contributed by atoms with Crippen LogP contribution in [-0.2, 0) is 17.8 Å². The number of fused-ring (bicyclic) bond motifs is 3. The van der Waals surface area contributed by atoms with Crippen molar-refractivity contribution in [2.75, 3.05) is 0 Å². The number of hydrogen-bond acceptors (Lipinski definition) is 2. The number of H-pyrrole nitrogens is 1. The zero-order valence-corrected chi connectivity index (χ0v) is 14.0. The van der Waals surface area contributed by atoms with Gasteiger partial charge in [-0.3, -0.25) is 4.79 Å². The Morgan fingerprint density at radius 3 is 2.60 bits per heavy atom. The molecule has 6 heteroatoms. The number of carbonyl (C=O) groups is 2. The molecule has 0 fully saturated rings. The Morgan fingerprint density at radius 1 is 1.12 bits per heavy atom. The molecule has 25 heavy (non-hydrogen) atoms. The van der Waals surface area contributed by atoms with Gasteiger partial charge in [0.1, 0.15) is 6.04 Å². The first-order valence-electron chi connectivity index (χ1n) is 7.93. The molecule has 1 aliphatic rings. The second-order valence-electron chi connectivity index (χ2n) is 6.10. The van der Waals surface area contributed by atoms with Gasteiger partial charge in [-0.2, -0.15) is 0 Å². The van der Waals surface area contributed by atoms with Crippen LogP contribution in [0.3, 0.4) is 0 Å². The minimum atomic E-state index is -1.02. The quantitative estimate of drug-likeness (QED) is 0.740. The summed E-state index contributed by atoms with van der Waals surface area (Å²) < 4.78 is 0. The van der Waals surface area contributed by atoms with Crippen LogP contribution in [0.4, 0.5) is 0 Å². The van der Waals surface area contributed by atoms with Gasteiger partial charge in [-0.05, 0) is 23.8 Å². The van der Waals surface area contributed by atoms with Gasteiger partial charge >= 0.3 is 5.97 Å². The van der Waals surface area contributed by atoms with Crippen LogP contribution >= 0.6 is 11.6 Å². The Hall–Kier alpha value is -2.79. The third-order valence-corrected chi connectivity index (χ3v) is 4.98. The van der Waals surface area contributed by atoms with E-state index in [1.165, 1.54) is 4.90 Å². The first-order chi connectivity index (χ1) is 12.1. The van der Waals surface area contributed by atoms with E-state index in [0.29, 0.717) is 10.6 Å². The predicted molar refractivity (Wildman–Crippen MR) is 94.8 cm³/mol. The van der Waals surface area contributed by atoms with Gasteiger partial charge in [-0.1, -0.05) is 41.9 Å². The van der Waals surface area contributed by atoms with Gasteiger partial charge < -0.3 is 15.0 Å². The zero-order valence-electron chi connectivity index (χ0n) is 13.2. The molecule has 1 aliphatic heterocycles. The smallest absolute Gasteiger partial charge is 0.326 e. The average molecular weight is 355 g/mol. The fourth-order valence-electron chi connectivity index (χ4n) is 3.43. The number of amides is 1. The minimum Gasteiger partial charge on any atom is -0.480 e. The van der Waals surface area contributed by atoms with Crippen LogP contribution in [0, 0.1) is 0 Å². The fraction of sp³-hybridized carbons (Fsp3) is 0.158. The number of carbonyl (C=O) groups excluding carboxylic acids is 1. The molecular formula is C19H15ClN2O3. The molecule has 0 saturated carbocycles. The number of carboxylic acid groups (broad SMARTS) is 1. The number of aromatic nitrogens is 1. The van der Waals surface area contributed by atoms with Crippen LogP contribution in [0.25, 0.3) is 10.9 Å². The van der Waals surface area contributed by atoms with Crippen molar-refractivity contribution in [2.45, 2.75) is 19.0 Å². The summed E-state index contributed by atoms with van der Waals surface area (Å²) in [5.41, 5.74) is 3.10. The first-order valence-corrected chi connectivity index (χ1v) is 8.31. The number of para-hydroxylation sites is 1. The Labute approximate surface area is 148 Å². The highest BCUT2D eigenvalue weighted by Gasteiger charge is 2.37. The van der Waals surface area contributed by atoms with E-state index in [2.05, 4.69) is 4.98 Å². The molecule has 0 spiro atoms. The summed E-state index contributed by atoms with van der Waals surface area (Å²) in [7, 11) is 0. The number of rotatable bonds is 2. The van der Waals surface area contributed by atoms with E-state index in [1.54, 1.807) is 24.3 Å². The minimum absolute atomic E-state index is 0.213. The highest BCUT2D eigenvalue weighted by atomic mass is 35.5. The maximum absolute atomic E-state index is 12.9. The number of halogens is 1. The SMILES string of the molecule is O=C(O)C1Cc2c([nH]c3ccccc23)CN1C(=O)c1ccccc1Cl. The lowest BCUT2D eigenvalue weighted by molar-refractivity contribution is -0.142. The van der Waals surface area contributed by atoms with E-state index in [1.807, 2.05) is 24.3 Å². The number of benzene rings is 2. The van der Waals surface area contributed by atoms with Crippen molar-refractivity contribution in [3.05, 3.63) is 70.4 Å². The lowest BCUT2D eigenvalue weighted by Crippen LogP contribution is -2.48. The molecule has 2 N–H and O–H groups in total. The van der Waals surface area contributed by atoms with E-state index in [9.17, 15) is 14.7 Å². The summed E-state index contributed by atoms with van der Waals surface area (Å²) in [5, 5.41) is 11.0. The summed E-state index contributed by atoms with van der Waals surface area (Å²) in [5.74, 6) is -1.39. The van der Waals surface area contributed by atoms with Crippen molar-refractivity contribution in [2.24, 2.45) is 0 Å². The predicted octanol–water partition coefficient (Wildman–Crippen LogP) is 3.47. The summed E-state index contributed by atoms with van der Waals surface area (Å²) >= 11 is 6.13. The van der Waals surface area contributed by atoms with Crippen LogP contribution in [-0.4, -0.2) is 32.9 Å². The van der Waals surface area contributed by atoms with Gasteiger partial charge in [0.05, 0.1) is 17.1 Å². The molecule has 126 valence electrons. The molecule has 0 aliphatic carbocycles. The standard InChI is InChI=1S/C19H15ClN2O3/c20-14-7-3-1-6-12(14)18(23)22-10-16-13(9-17(22)19(24)25)11-5-2-4-8-15(11)21-16/h1-8,17,21H,9-10H2,(H,24,25). The molecule has 0 bridgehead atoms. The molecule has 1 amide bonds. The van der Waals surface area contributed by atoms with E-state index in [4.69, 9.17) is 11.6 Å². The fourth-order valence-corrected chi connectivity index (χ4v) is 3.65. The van der Waals surface area contributed by atoms with E-state index >= 15 is 0 Å². The van der Waals surface area contributed by atoms with Crippen LogP contribution in [0.15, 0.2) is 48.5 Å². The third-order valence-electron chi connectivity index (χ3n) is 4.65. The monoisotopic (exact) mass is 354 g/mol. The first kappa shape index (κ1) is 15.7. The van der Waals surface area contributed by atoms with E-state index < -0.39 is 12.0 Å². The molecule has 3 aromatic rings. The topological polar surface area (TPSA) is 73.4 Å². The van der Waals surface area contributed by atoms with Crippen molar-refractivity contribution >= 4 is 34.4 Å². The van der Waals surface area contributed by atoms with Crippen molar-refractivity contribution < 1.29 is 14.7 Å². The number of aliphatic carboxylic acids is 1. The van der Waals surface area contributed by atoms with Gasteiger partial charge in [0.15, 0.2) is 0 Å². The average Bonchev–Trinajstić information content (AvgIpc) is 2.98. The molecule has 2 heterocycles. The van der Waals surface area contributed by atoms with Crippen molar-refractivity contribution in [3.8, 4) is 0 Å². The number of nitrogens with zero attached hydrogens (tertiary/aromatic N) is 1. The summed E-state index contributed by atoms with van der Waals surface area (Å²) in [6.45, 7) is 0.213. The number of hydrogen-bond donors (Lipinski definition) is 2. The Balaban J connectivity index is 1.78. The van der Waals surface area contributed by atoms with Crippen LogP contribution in [0.2, 0.25) is 5.02 Å².